The maximum atomic E-state index is 5.80. The Balaban J connectivity index is 0.00000144. The molecule has 0 radical (unpaired) electrons. The van der Waals surface area contributed by atoms with Crippen LogP contribution >= 0.6 is 11.6 Å². The van der Waals surface area contributed by atoms with Gasteiger partial charge in [0.2, 0.25) is 5.88 Å². The summed E-state index contributed by atoms with van der Waals surface area (Å²) in [5.41, 5.74) is 3.71. The molecule has 0 fully saturated rings. The van der Waals surface area contributed by atoms with Crippen LogP contribution in [-0.2, 0) is 0 Å². The van der Waals surface area contributed by atoms with Crippen molar-refractivity contribution < 1.29 is 22.9 Å². The van der Waals surface area contributed by atoms with Crippen molar-refractivity contribution >= 4 is 11.6 Å². The van der Waals surface area contributed by atoms with E-state index in [1.54, 1.807) is 18.3 Å². The van der Waals surface area contributed by atoms with Gasteiger partial charge in [0.25, 0.3) is 0 Å². The molecule has 0 saturated heterocycles. The van der Waals surface area contributed by atoms with Crippen LogP contribution in [0, 0.1) is 0 Å². The normalized spacial score (nSPS) is 9.08. The average molecular weight is 223 g/mol. The van der Waals surface area contributed by atoms with Gasteiger partial charge in [0, 0.05) is 12.6 Å². The number of pyridine rings is 1. The summed E-state index contributed by atoms with van der Waals surface area (Å²) >= 11 is 5.80. The molecule has 1 heterocycles. The molecule has 3 N–H and O–H groups in total. The molecule has 1 aromatic rings. The zero-order valence-corrected chi connectivity index (χ0v) is 8.68. The van der Waals surface area contributed by atoms with Crippen molar-refractivity contribution in [2.24, 2.45) is 0 Å². The van der Waals surface area contributed by atoms with E-state index in [9.17, 15) is 0 Å². The van der Waals surface area contributed by atoms with Crippen LogP contribution in [0.15, 0.2) is 18.3 Å². The number of hydrogen-bond acceptors (Lipinski definition) is 2. The minimum Gasteiger partial charge on any atom is -1.00 e. The van der Waals surface area contributed by atoms with Crippen LogP contribution in [0.5, 0.6) is 5.88 Å². The van der Waals surface area contributed by atoms with Gasteiger partial charge >= 0.3 is 0 Å². The SMILES string of the molecule is [Cl-].[NH3+]CCCOc1ncccc1Cl. The smallest absolute Gasteiger partial charge is 0.232 e. The van der Waals surface area contributed by atoms with Crippen LogP contribution in [-0.4, -0.2) is 18.1 Å². The van der Waals surface area contributed by atoms with E-state index < -0.39 is 0 Å². The van der Waals surface area contributed by atoms with E-state index in [-0.39, 0.29) is 12.4 Å². The van der Waals surface area contributed by atoms with Gasteiger partial charge in [-0.05, 0) is 12.1 Å². The molecule has 0 aliphatic carbocycles. The van der Waals surface area contributed by atoms with Crippen molar-refractivity contribution in [2.75, 3.05) is 13.2 Å². The molecule has 0 bridgehead atoms. The fourth-order valence-electron chi connectivity index (χ4n) is 0.748. The van der Waals surface area contributed by atoms with Crippen LogP contribution in [0.2, 0.25) is 5.02 Å². The first-order chi connectivity index (χ1) is 5.84. The molecule has 0 saturated carbocycles. The summed E-state index contributed by atoms with van der Waals surface area (Å²) in [4.78, 5) is 3.98. The molecule has 0 aromatic carbocycles. The highest BCUT2D eigenvalue weighted by molar-refractivity contribution is 6.31. The minimum atomic E-state index is 0. The molecular weight excluding hydrogens is 211 g/mol. The van der Waals surface area contributed by atoms with Gasteiger partial charge in [-0.25, -0.2) is 4.98 Å². The van der Waals surface area contributed by atoms with Crippen molar-refractivity contribution in [3.05, 3.63) is 23.4 Å². The van der Waals surface area contributed by atoms with Gasteiger partial charge in [-0.1, -0.05) is 11.6 Å². The zero-order valence-electron chi connectivity index (χ0n) is 7.17. The van der Waals surface area contributed by atoms with Crippen molar-refractivity contribution in [3.8, 4) is 5.88 Å². The van der Waals surface area contributed by atoms with Crippen molar-refractivity contribution in [1.29, 1.82) is 0 Å². The highest BCUT2D eigenvalue weighted by Crippen LogP contribution is 2.19. The molecular formula is C8H12Cl2N2O. The van der Waals surface area contributed by atoms with Crippen LogP contribution in [0.3, 0.4) is 0 Å². The van der Waals surface area contributed by atoms with Crippen molar-refractivity contribution in [1.82, 2.24) is 4.98 Å². The second kappa shape index (κ2) is 6.95. The molecule has 1 aromatic heterocycles. The Labute approximate surface area is 88.7 Å². The highest BCUT2D eigenvalue weighted by Gasteiger charge is 1.99. The summed E-state index contributed by atoms with van der Waals surface area (Å²) < 4.78 is 5.29. The third-order valence-corrected chi connectivity index (χ3v) is 1.65. The van der Waals surface area contributed by atoms with Gasteiger partial charge in [-0.3, -0.25) is 0 Å². The Morgan fingerprint density at radius 1 is 1.54 bits per heavy atom. The monoisotopic (exact) mass is 222 g/mol. The lowest BCUT2D eigenvalue weighted by Crippen LogP contribution is -3.00. The predicted molar refractivity (Wildman–Crippen MR) is 47.1 cm³/mol. The fraction of sp³-hybridized carbons (Fsp3) is 0.375. The van der Waals surface area contributed by atoms with Gasteiger partial charge in [0.15, 0.2) is 0 Å². The Bertz CT molecular complexity index is 245. The molecule has 3 nitrogen and oxygen atoms in total. The Kier molecular flexibility index (Phi) is 6.68. The molecule has 0 amide bonds. The highest BCUT2D eigenvalue weighted by atomic mass is 35.5. The lowest BCUT2D eigenvalue weighted by atomic mass is 10.4. The first kappa shape index (κ1) is 12.5. The number of ether oxygens (including phenoxy) is 1. The fourth-order valence-corrected chi connectivity index (χ4v) is 0.924. The molecule has 0 atom stereocenters. The summed E-state index contributed by atoms with van der Waals surface area (Å²) in [6, 6.07) is 3.53. The summed E-state index contributed by atoms with van der Waals surface area (Å²) in [6.45, 7) is 1.49. The zero-order chi connectivity index (χ0) is 8.81. The molecule has 0 unspecified atom stereocenters. The number of hydrogen-bond donors (Lipinski definition) is 1. The van der Waals surface area contributed by atoms with E-state index in [2.05, 4.69) is 10.7 Å². The Morgan fingerprint density at radius 2 is 2.31 bits per heavy atom. The number of rotatable bonds is 4. The molecule has 1 rings (SSSR count). The van der Waals surface area contributed by atoms with Crippen molar-refractivity contribution in [2.45, 2.75) is 6.42 Å². The van der Waals surface area contributed by atoms with Crippen LogP contribution in [0.4, 0.5) is 0 Å². The first-order valence-corrected chi connectivity index (χ1v) is 4.25. The second-order valence-corrected chi connectivity index (χ2v) is 2.75. The third kappa shape index (κ3) is 4.31. The maximum Gasteiger partial charge on any atom is 0.232 e. The van der Waals surface area contributed by atoms with E-state index >= 15 is 0 Å². The van der Waals surface area contributed by atoms with Gasteiger partial charge in [0.05, 0.1) is 13.2 Å². The molecule has 74 valence electrons. The van der Waals surface area contributed by atoms with Gasteiger partial charge in [-0.15, -0.1) is 0 Å². The number of aromatic nitrogens is 1. The minimum absolute atomic E-state index is 0. The van der Waals surface area contributed by atoms with Gasteiger partial charge < -0.3 is 22.9 Å². The number of quaternary nitrogens is 1. The standard InChI is InChI=1S/C8H11ClN2O.ClH/c9-7-3-1-5-11-8(7)12-6-2-4-10;/h1,3,5H,2,4,6,10H2;1H. The van der Waals surface area contributed by atoms with E-state index in [4.69, 9.17) is 16.3 Å². The van der Waals surface area contributed by atoms with E-state index in [1.165, 1.54) is 0 Å². The summed E-state index contributed by atoms with van der Waals surface area (Å²) in [7, 11) is 0. The number of halogens is 2. The Hall–Kier alpha value is -0.510. The summed E-state index contributed by atoms with van der Waals surface area (Å²) in [5.74, 6) is 0.507. The molecule has 0 aliphatic rings. The first-order valence-electron chi connectivity index (χ1n) is 3.87. The van der Waals surface area contributed by atoms with Gasteiger partial charge in [-0.2, -0.15) is 0 Å². The Morgan fingerprint density at radius 3 is 2.92 bits per heavy atom. The molecule has 13 heavy (non-hydrogen) atoms. The van der Waals surface area contributed by atoms with Crippen LogP contribution in [0.1, 0.15) is 6.42 Å². The molecule has 0 spiro atoms. The molecule has 0 aliphatic heterocycles. The summed E-state index contributed by atoms with van der Waals surface area (Å²) in [5, 5.41) is 0.557. The largest absolute Gasteiger partial charge is 1.00 e. The second-order valence-electron chi connectivity index (χ2n) is 2.35. The quantitative estimate of drug-likeness (QED) is 0.586. The van der Waals surface area contributed by atoms with E-state index in [1.807, 2.05) is 0 Å². The van der Waals surface area contributed by atoms with E-state index in [0.29, 0.717) is 17.5 Å². The summed E-state index contributed by atoms with van der Waals surface area (Å²) in [6.07, 6.45) is 2.58. The third-order valence-electron chi connectivity index (χ3n) is 1.36. The van der Waals surface area contributed by atoms with Gasteiger partial charge in [0.1, 0.15) is 5.02 Å². The van der Waals surface area contributed by atoms with Crippen LogP contribution in [0.25, 0.3) is 0 Å². The maximum absolute atomic E-state index is 5.80. The van der Waals surface area contributed by atoms with Crippen molar-refractivity contribution in [3.63, 3.8) is 0 Å². The molecule has 5 heteroatoms. The topological polar surface area (TPSA) is 49.8 Å². The lowest BCUT2D eigenvalue weighted by molar-refractivity contribution is -0.368. The average Bonchev–Trinajstić information content (AvgIpc) is 2.09. The van der Waals surface area contributed by atoms with E-state index in [0.717, 1.165) is 13.0 Å². The lowest BCUT2D eigenvalue weighted by Gasteiger charge is -2.03. The predicted octanol–water partition coefficient (Wildman–Crippen LogP) is -2.25. The van der Waals surface area contributed by atoms with Crippen LogP contribution < -0.4 is 22.9 Å². The number of nitrogens with zero attached hydrogens (tertiary/aromatic N) is 1.